The zero-order chi connectivity index (χ0) is 14.8. The van der Waals surface area contributed by atoms with Gasteiger partial charge < -0.3 is 9.73 Å². The molecule has 0 saturated carbocycles. The summed E-state index contributed by atoms with van der Waals surface area (Å²) in [4.78, 5) is 11.7. The highest BCUT2D eigenvalue weighted by molar-refractivity contribution is 14.1. The third kappa shape index (κ3) is 3.26. The number of anilines is 1. The molecule has 1 N–H and O–H groups in total. The van der Waals surface area contributed by atoms with Crippen molar-refractivity contribution >= 4 is 39.2 Å². The fourth-order valence-electron chi connectivity index (χ4n) is 2.25. The second kappa shape index (κ2) is 5.89. The van der Waals surface area contributed by atoms with Crippen LogP contribution in [0.3, 0.4) is 0 Å². The number of fused-ring (bicyclic) bond motifs is 1. The van der Waals surface area contributed by atoms with E-state index in [-0.39, 0.29) is 5.63 Å². The molecule has 4 heteroatoms. The normalized spacial score (nSPS) is 10.8. The van der Waals surface area contributed by atoms with Gasteiger partial charge in [0.15, 0.2) is 0 Å². The molecule has 0 fully saturated rings. The van der Waals surface area contributed by atoms with Crippen LogP contribution in [0.25, 0.3) is 11.0 Å². The van der Waals surface area contributed by atoms with Crippen LogP contribution in [0.2, 0.25) is 0 Å². The molecule has 0 unspecified atom stereocenters. The molecule has 106 valence electrons. The molecular formula is C17H14INO2. The minimum absolute atomic E-state index is 0.312. The largest absolute Gasteiger partial charge is 0.423 e. The molecule has 3 nitrogen and oxygen atoms in total. The molecule has 0 amide bonds. The van der Waals surface area contributed by atoms with E-state index in [1.807, 2.05) is 49.4 Å². The van der Waals surface area contributed by atoms with Crippen molar-refractivity contribution in [1.82, 2.24) is 0 Å². The van der Waals surface area contributed by atoms with Gasteiger partial charge in [-0.2, -0.15) is 0 Å². The first-order valence-electron chi connectivity index (χ1n) is 6.65. The van der Waals surface area contributed by atoms with Crippen LogP contribution in [0, 0.1) is 10.5 Å². The average molecular weight is 391 g/mol. The van der Waals surface area contributed by atoms with E-state index >= 15 is 0 Å². The van der Waals surface area contributed by atoms with Gasteiger partial charge in [0.2, 0.25) is 0 Å². The third-order valence-electron chi connectivity index (χ3n) is 3.31. The molecule has 0 spiro atoms. The van der Waals surface area contributed by atoms with Crippen LogP contribution in [-0.2, 0) is 6.54 Å². The highest BCUT2D eigenvalue weighted by Crippen LogP contribution is 2.20. The summed E-state index contributed by atoms with van der Waals surface area (Å²) in [5.74, 6) is 0. The summed E-state index contributed by atoms with van der Waals surface area (Å²) < 4.78 is 6.46. The third-order valence-corrected chi connectivity index (χ3v) is 4.03. The minimum atomic E-state index is -0.312. The van der Waals surface area contributed by atoms with E-state index in [9.17, 15) is 4.79 Å². The van der Waals surface area contributed by atoms with Crippen molar-refractivity contribution in [2.75, 3.05) is 5.32 Å². The van der Waals surface area contributed by atoms with Gasteiger partial charge in [-0.1, -0.05) is 12.1 Å². The maximum atomic E-state index is 11.7. The van der Waals surface area contributed by atoms with Crippen molar-refractivity contribution < 1.29 is 4.42 Å². The predicted molar refractivity (Wildman–Crippen MR) is 93.7 cm³/mol. The van der Waals surface area contributed by atoms with Gasteiger partial charge in [0.25, 0.3) is 0 Å². The number of halogens is 1. The Morgan fingerprint density at radius 1 is 1.10 bits per heavy atom. The van der Waals surface area contributed by atoms with Gasteiger partial charge in [0.1, 0.15) is 5.58 Å². The molecule has 21 heavy (non-hydrogen) atoms. The van der Waals surface area contributed by atoms with Gasteiger partial charge in [-0.15, -0.1) is 0 Å². The Morgan fingerprint density at radius 2 is 1.86 bits per heavy atom. The molecule has 3 aromatic rings. The van der Waals surface area contributed by atoms with E-state index in [4.69, 9.17) is 4.42 Å². The molecular weight excluding hydrogens is 377 g/mol. The van der Waals surface area contributed by atoms with Crippen molar-refractivity contribution in [3.05, 3.63) is 73.6 Å². The zero-order valence-electron chi connectivity index (χ0n) is 11.5. The topological polar surface area (TPSA) is 42.2 Å². The smallest absolute Gasteiger partial charge is 0.336 e. The summed E-state index contributed by atoms with van der Waals surface area (Å²) in [6.07, 6.45) is 0. The van der Waals surface area contributed by atoms with E-state index in [0.29, 0.717) is 12.1 Å². The van der Waals surface area contributed by atoms with E-state index in [1.165, 1.54) is 3.57 Å². The maximum Gasteiger partial charge on any atom is 0.336 e. The highest BCUT2D eigenvalue weighted by Gasteiger charge is 2.05. The highest BCUT2D eigenvalue weighted by atomic mass is 127. The SMILES string of the molecule is Cc1ccc2c(CNc3ccc(I)cc3)cc(=O)oc2c1. The second-order valence-corrected chi connectivity index (χ2v) is 6.20. The quantitative estimate of drug-likeness (QED) is 0.534. The van der Waals surface area contributed by atoms with E-state index < -0.39 is 0 Å². The number of hydrogen-bond donors (Lipinski definition) is 1. The first-order valence-corrected chi connectivity index (χ1v) is 7.72. The van der Waals surface area contributed by atoms with Gasteiger partial charge >= 0.3 is 5.63 Å². The molecule has 1 heterocycles. The lowest BCUT2D eigenvalue weighted by molar-refractivity contribution is 0.559. The molecule has 0 aliphatic rings. The van der Waals surface area contributed by atoms with Crippen molar-refractivity contribution in [3.8, 4) is 0 Å². The average Bonchev–Trinajstić information content (AvgIpc) is 2.45. The zero-order valence-corrected chi connectivity index (χ0v) is 13.7. The van der Waals surface area contributed by atoms with Crippen LogP contribution in [-0.4, -0.2) is 0 Å². The van der Waals surface area contributed by atoms with Crippen molar-refractivity contribution in [1.29, 1.82) is 0 Å². The fraction of sp³-hybridized carbons (Fsp3) is 0.118. The summed E-state index contributed by atoms with van der Waals surface area (Å²) in [5.41, 5.74) is 3.38. The number of rotatable bonds is 3. The van der Waals surface area contributed by atoms with Crippen molar-refractivity contribution in [2.45, 2.75) is 13.5 Å². The van der Waals surface area contributed by atoms with Gasteiger partial charge in [0.05, 0.1) is 0 Å². The number of hydrogen-bond acceptors (Lipinski definition) is 3. The van der Waals surface area contributed by atoms with Crippen LogP contribution in [0.4, 0.5) is 5.69 Å². The van der Waals surface area contributed by atoms with Gasteiger partial charge in [-0.05, 0) is 71.0 Å². The summed E-state index contributed by atoms with van der Waals surface area (Å²) in [5, 5.41) is 4.31. The van der Waals surface area contributed by atoms with Crippen LogP contribution in [0.1, 0.15) is 11.1 Å². The van der Waals surface area contributed by atoms with Crippen molar-refractivity contribution in [3.63, 3.8) is 0 Å². The van der Waals surface area contributed by atoms with E-state index in [2.05, 4.69) is 27.9 Å². The summed E-state index contributed by atoms with van der Waals surface area (Å²) in [6, 6.07) is 15.6. The van der Waals surface area contributed by atoms with Gasteiger partial charge in [0, 0.05) is 27.3 Å². The molecule has 0 saturated heterocycles. The molecule has 1 aromatic heterocycles. The Hall–Kier alpha value is -1.82. The molecule has 0 bridgehead atoms. The maximum absolute atomic E-state index is 11.7. The summed E-state index contributed by atoms with van der Waals surface area (Å²) in [6.45, 7) is 2.57. The Kier molecular flexibility index (Phi) is 3.96. The Balaban J connectivity index is 1.93. The minimum Gasteiger partial charge on any atom is -0.423 e. The lowest BCUT2D eigenvalue weighted by Gasteiger charge is -2.09. The number of aryl methyl sites for hydroxylation is 1. The molecule has 2 aromatic carbocycles. The Morgan fingerprint density at radius 3 is 2.62 bits per heavy atom. The second-order valence-electron chi connectivity index (χ2n) is 4.95. The molecule has 3 rings (SSSR count). The van der Waals surface area contributed by atoms with Crippen LogP contribution < -0.4 is 10.9 Å². The lowest BCUT2D eigenvalue weighted by atomic mass is 10.1. The molecule has 0 aliphatic heterocycles. The van der Waals surface area contributed by atoms with Crippen LogP contribution in [0.5, 0.6) is 0 Å². The molecule has 0 aliphatic carbocycles. The Labute approximate surface area is 136 Å². The van der Waals surface area contributed by atoms with Gasteiger partial charge in [-0.3, -0.25) is 0 Å². The van der Waals surface area contributed by atoms with Gasteiger partial charge in [-0.25, -0.2) is 4.79 Å². The first kappa shape index (κ1) is 14.1. The monoisotopic (exact) mass is 391 g/mol. The Bertz CT molecular complexity index is 838. The van der Waals surface area contributed by atoms with Crippen LogP contribution >= 0.6 is 22.6 Å². The summed E-state index contributed by atoms with van der Waals surface area (Å²) >= 11 is 2.27. The fourth-order valence-corrected chi connectivity index (χ4v) is 2.61. The standard InChI is InChI=1S/C17H14INO2/c1-11-2-7-15-12(9-17(20)21-16(15)8-11)10-19-14-5-3-13(18)4-6-14/h2-9,19H,10H2,1H3. The number of nitrogens with one attached hydrogen (secondary N) is 1. The van der Waals surface area contributed by atoms with Crippen LogP contribution in [0.15, 0.2) is 57.7 Å². The van der Waals surface area contributed by atoms with Crippen molar-refractivity contribution in [2.24, 2.45) is 0 Å². The molecule has 0 radical (unpaired) electrons. The first-order chi connectivity index (χ1) is 10.1. The molecule has 0 atom stereocenters. The lowest BCUT2D eigenvalue weighted by Crippen LogP contribution is -2.05. The predicted octanol–water partition coefficient (Wildman–Crippen LogP) is 4.32. The van der Waals surface area contributed by atoms with E-state index in [0.717, 1.165) is 22.2 Å². The van der Waals surface area contributed by atoms with E-state index in [1.54, 1.807) is 6.07 Å². The number of benzene rings is 2. The summed E-state index contributed by atoms with van der Waals surface area (Å²) in [7, 11) is 0.